The molecule has 1 unspecified atom stereocenters. The van der Waals surface area contributed by atoms with Crippen LogP contribution in [0.15, 0.2) is 0 Å². The molecule has 0 N–H and O–H groups in total. The van der Waals surface area contributed by atoms with Crippen LogP contribution in [0.1, 0.15) is 28.2 Å². The zero-order chi connectivity index (χ0) is 14.4. The van der Waals surface area contributed by atoms with Gasteiger partial charge in [0.2, 0.25) is 0 Å². The average Bonchev–Trinajstić information content (AvgIpc) is 2.79. The molecule has 1 aliphatic heterocycles. The summed E-state index contributed by atoms with van der Waals surface area (Å²) in [6.07, 6.45) is 0.517. The highest BCUT2D eigenvalue weighted by atomic mass is 32.2. The zero-order valence-electron chi connectivity index (χ0n) is 11.7. The van der Waals surface area contributed by atoms with Crippen LogP contribution in [0.4, 0.5) is 0 Å². The maximum atomic E-state index is 12.5. The van der Waals surface area contributed by atoms with Crippen LogP contribution >= 0.6 is 0 Å². The van der Waals surface area contributed by atoms with Crippen LogP contribution in [0, 0.1) is 13.8 Å². The molecule has 2 rings (SSSR count). The van der Waals surface area contributed by atoms with Gasteiger partial charge < -0.3 is 4.90 Å². The topological polar surface area (TPSA) is 72.3 Å². The summed E-state index contributed by atoms with van der Waals surface area (Å²) in [7, 11) is 0.471. The minimum Gasteiger partial charge on any atom is -0.338 e. The van der Waals surface area contributed by atoms with Crippen LogP contribution in [-0.4, -0.2) is 53.6 Å². The molecular weight excluding hydrogens is 266 g/mol. The minimum absolute atomic E-state index is 0.0631. The third-order valence-electron chi connectivity index (χ3n) is 3.80. The summed E-state index contributed by atoms with van der Waals surface area (Å²) >= 11 is 0. The predicted molar refractivity (Wildman–Crippen MR) is 71.8 cm³/mol. The summed E-state index contributed by atoms with van der Waals surface area (Å²) in [5.41, 5.74) is 2.06. The lowest BCUT2D eigenvalue weighted by atomic mass is 10.1. The Bertz CT molecular complexity index is 618. The van der Waals surface area contributed by atoms with E-state index in [9.17, 15) is 13.2 Å². The maximum absolute atomic E-state index is 12.5. The van der Waals surface area contributed by atoms with E-state index in [4.69, 9.17) is 0 Å². The van der Waals surface area contributed by atoms with Gasteiger partial charge >= 0.3 is 0 Å². The molecule has 0 radical (unpaired) electrons. The van der Waals surface area contributed by atoms with Gasteiger partial charge in [0, 0.05) is 25.8 Å². The summed E-state index contributed by atoms with van der Waals surface area (Å²) in [6, 6.07) is -0.225. The Morgan fingerprint density at radius 2 is 2.05 bits per heavy atom. The number of carbonyl (C=O) groups is 1. The molecule has 1 fully saturated rings. The quantitative estimate of drug-likeness (QED) is 0.783. The van der Waals surface area contributed by atoms with Crippen molar-refractivity contribution in [1.82, 2.24) is 14.7 Å². The predicted octanol–water partition coefficient (Wildman–Crippen LogP) is 0.296. The SMILES string of the molecule is Cc1nn(C)c(C)c1C(=O)N(C)C1CCS(=O)(=O)C1. The second-order valence-electron chi connectivity index (χ2n) is 5.14. The van der Waals surface area contributed by atoms with E-state index in [1.165, 1.54) is 0 Å². The maximum Gasteiger partial charge on any atom is 0.257 e. The third-order valence-corrected chi connectivity index (χ3v) is 5.55. The first-order chi connectivity index (χ1) is 8.73. The van der Waals surface area contributed by atoms with Crippen LogP contribution in [0.3, 0.4) is 0 Å². The molecule has 1 aromatic heterocycles. The monoisotopic (exact) mass is 285 g/mol. The Morgan fingerprint density at radius 1 is 1.42 bits per heavy atom. The fourth-order valence-corrected chi connectivity index (χ4v) is 4.28. The van der Waals surface area contributed by atoms with Gasteiger partial charge in [-0.3, -0.25) is 9.48 Å². The number of nitrogens with zero attached hydrogens (tertiary/aromatic N) is 3. The van der Waals surface area contributed by atoms with Crippen molar-refractivity contribution in [1.29, 1.82) is 0 Å². The Labute approximate surface area is 113 Å². The van der Waals surface area contributed by atoms with E-state index in [0.717, 1.165) is 5.69 Å². The highest BCUT2D eigenvalue weighted by Crippen LogP contribution is 2.21. The molecule has 1 saturated heterocycles. The van der Waals surface area contributed by atoms with Gasteiger partial charge in [-0.05, 0) is 20.3 Å². The molecule has 0 saturated carbocycles. The van der Waals surface area contributed by atoms with Crippen LogP contribution < -0.4 is 0 Å². The van der Waals surface area contributed by atoms with Gasteiger partial charge in [-0.25, -0.2) is 8.42 Å². The van der Waals surface area contributed by atoms with Crippen molar-refractivity contribution in [3.8, 4) is 0 Å². The molecule has 19 heavy (non-hydrogen) atoms. The molecular formula is C12H19N3O3S. The second-order valence-corrected chi connectivity index (χ2v) is 7.37. The van der Waals surface area contributed by atoms with E-state index in [1.54, 1.807) is 30.6 Å². The molecule has 106 valence electrons. The van der Waals surface area contributed by atoms with Gasteiger partial charge in [-0.15, -0.1) is 0 Å². The highest BCUT2D eigenvalue weighted by Gasteiger charge is 2.34. The number of rotatable bonds is 2. The molecule has 1 atom stereocenters. The van der Waals surface area contributed by atoms with E-state index in [2.05, 4.69) is 5.10 Å². The molecule has 0 aliphatic carbocycles. The molecule has 6 nitrogen and oxygen atoms in total. The third kappa shape index (κ3) is 2.51. The van der Waals surface area contributed by atoms with E-state index >= 15 is 0 Å². The van der Waals surface area contributed by atoms with E-state index in [-0.39, 0.29) is 23.5 Å². The smallest absolute Gasteiger partial charge is 0.257 e. The molecule has 1 aliphatic rings. The van der Waals surface area contributed by atoms with Gasteiger partial charge in [0.05, 0.1) is 22.8 Å². The Morgan fingerprint density at radius 3 is 2.47 bits per heavy atom. The highest BCUT2D eigenvalue weighted by molar-refractivity contribution is 7.91. The average molecular weight is 285 g/mol. The van der Waals surface area contributed by atoms with Crippen LogP contribution in [0.2, 0.25) is 0 Å². The molecule has 0 aromatic carbocycles. The first-order valence-corrected chi connectivity index (χ1v) is 8.03. The van der Waals surface area contributed by atoms with Crippen molar-refractivity contribution >= 4 is 15.7 Å². The summed E-state index contributed by atoms with van der Waals surface area (Å²) < 4.78 is 24.6. The largest absolute Gasteiger partial charge is 0.338 e. The van der Waals surface area contributed by atoms with Crippen molar-refractivity contribution in [2.75, 3.05) is 18.6 Å². The van der Waals surface area contributed by atoms with Crippen LogP contribution in [-0.2, 0) is 16.9 Å². The van der Waals surface area contributed by atoms with Gasteiger partial charge in [0.15, 0.2) is 9.84 Å². The Kier molecular flexibility index (Phi) is 3.42. The Balaban J connectivity index is 2.25. The second kappa shape index (κ2) is 4.63. The number of aromatic nitrogens is 2. The fourth-order valence-electron chi connectivity index (χ4n) is 2.51. The number of aryl methyl sites for hydroxylation is 2. The summed E-state index contributed by atoms with van der Waals surface area (Å²) in [4.78, 5) is 14.0. The molecule has 1 aromatic rings. The van der Waals surface area contributed by atoms with Gasteiger partial charge in [0.1, 0.15) is 0 Å². The van der Waals surface area contributed by atoms with E-state index < -0.39 is 9.84 Å². The molecule has 1 amide bonds. The first-order valence-electron chi connectivity index (χ1n) is 6.20. The van der Waals surface area contributed by atoms with Crippen LogP contribution in [0.5, 0.6) is 0 Å². The van der Waals surface area contributed by atoms with Crippen molar-refractivity contribution in [2.45, 2.75) is 26.3 Å². The number of sulfone groups is 1. The fraction of sp³-hybridized carbons (Fsp3) is 0.667. The summed E-state index contributed by atoms with van der Waals surface area (Å²) in [5.74, 6) is 0.0821. The Hall–Kier alpha value is -1.37. The van der Waals surface area contributed by atoms with Crippen LogP contribution in [0.25, 0.3) is 0 Å². The molecule has 2 heterocycles. The van der Waals surface area contributed by atoms with Crippen molar-refractivity contribution < 1.29 is 13.2 Å². The number of hydrogen-bond donors (Lipinski definition) is 0. The van der Waals surface area contributed by atoms with E-state index in [1.807, 2.05) is 6.92 Å². The summed E-state index contributed by atoms with van der Waals surface area (Å²) in [5, 5.41) is 4.22. The normalized spacial score (nSPS) is 21.6. The van der Waals surface area contributed by atoms with Crippen molar-refractivity contribution in [3.63, 3.8) is 0 Å². The minimum atomic E-state index is -2.99. The van der Waals surface area contributed by atoms with Gasteiger partial charge in [0.25, 0.3) is 5.91 Å². The van der Waals surface area contributed by atoms with Gasteiger partial charge in [-0.1, -0.05) is 0 Å². The van der Waals surface area contributed by atoms with Crippen molar-refractivity contribution in [2.24, 2.45) is 7.05 Å². The van der Waals surface area contributed by atoms with Gasteiger partial charge in [-0.2, -0.15) is 5.10 Å². The van der Waals surface area contributed by atoms with Crippen molar-refractivity contribution in [3.05, 3.63) is 17.0 Å². The first kappa shape index (κ1) is 14.0. The number of amides is 1. The zero-order valence-corrected chi connectivity index (χ0v) is 12.5. The molecule has 0 spiro atoms. The lowest BCUT2D eigenvalue weighted by Crippen LogP contribution is -2.38. The van der Waals surface area contributed by atoms with E-state index in [0.29, 0.717) is 17.7 Å². The molecule has 0 bridgehead atoms. The molecule has 7 heteroatoms. The summed E-state index contributed by atoms with van der Waals surface area (Å²) in [6.45, 7) is 3.63. The lowest BCUT2D eigenvalue weighted by molar-refractivity contribution is 0.0746. The lowest BCUT2D eigenvalue weighted by Gasteiger charge is -2.23. The number of hydrogen-bond acceptors (Lipinski definition) is 4. The number of carbonyl (C=O) groups excluding carboxylic acids is 1. The standard InChI is InChI=1S/C12H19N3O3S/c1-8-11(9(2)15(4)13-8)12(16)14(3)10-5-6-19(17,18)7-10/h10H,5-7H2,1-4H3.